The van der Waals surface area contributed by atoms with Crippen LogP contribution in [0.15, 0.2) is 24.3 Å². The highest BCUT2D eigenvalue weighted by Gasteiger charge is 2.28. The number of aromatic nitrogens is 1. The lowest BCUT2D eigenvalue weighted by Gasteiger charge is -2.12. The predicted octanol–water partition coefficient (Wildman–Crippen LogP) is 1.72. The summed E-state index contributed by atoms with van der Waals surface area (Å²) in [5.74, 6) is 0.834. The minimum Gasteiger partial charge on any atom is -0.497 e. The first-order valence-corrected chi connectivity index (χ1v) is 9.64. The lowest BCUT2D eigenvalue weighted by Crippen LogP contribution is -2.30. The SMILES string of the molecule is COc1ccc2nc(C)c(C(=O)NCC3CCS(=O)(=O)C3)cc2c1. The summed E-state index contributed by atoms with van der Waals surface area (Å²) in [5.41, 5.74) is 1.94. The van der Waals surface area contributed by atoms with Crippen molar-refractivity contribution in [1.82, 2.24) is 10.3 Å². The number of benzene rings is 1. The maximum atomic E-state index is 12.4. The molecule has 7 heteroatoms. The molecule has 0 spiro atoms. The molecule has 2 heterocycles. The average Bonchev–Trinajstić information content (AvgIpc) is 2.90. The van der Waals surface area contributed by atoms with Crippen LogP contribution < -0.4 is 10.1 Å². The molecule has 128 valence electrons. The number of nitrogens with one attached hydrogen (secondary N) is 1. The summed E-state index contributed by atoms with van der Waals surface area (Å²) < 4.78 is 28.2. The van der Waals surface area contributed by atoms with Gasteiger partial charge in [-0.25, -0.2) is 8.42 Å². The highest BCUT2D eigenvalue weighted by molar-refractivity contribution is 7.91. The van der Waals surface area contributed by atoms with Gasteiger partial charge in [0.1, 0.15) is 5.75 Å². The second kappa shape index (κ2) is 6.39. The molecule has 1 N–H and O–H groups in total. The van der Waals surface area contributed by atoms with Gasteiger partial charge >= 0.3 is 0 Å². The van der Waals surface area contributed by atoms with Crippen molar-refractivity contribution >= 4 is 26.6 Å². The van der Waals surface area contributed by atoms with E-state index in [1.165, 1.54) is 0 Å². The van der Waals surface area contributed by atoms with E-state index in [0.29, 0.717) is 30.0 Å². The summed E-state index contributed by atoms with van der Waals surface area (Å²) in [6.45, 7) is 2.16. The Bertz CT molecular complexity index is 893. The van der Waals surface area contributed by atoms with E-state index in [-0.39, 0.29) is 23.3 Å². The Morgan fingerprint density at radius 2 is 2.17 bits per heavy atom. The number of rotatable bonds is 4. The van der Waals surface area contributed by atoms with Crippen LogP contribution in [0.5, 0.6) is 5.75 Å². The van der Waals surface area contributed by atoms with Gasteiger partial charge in [0, 0.05) is 11.9 Å². The summed E-state index contributed by atoms with van der Waals surface area (Å²) >= 11 is 0. The number of sulfone groups is 1. The fraction of sp³-hybridized carbons (Fsp3) is 0.412. The van der Waals surface area contributed by atoms with E-state index in [4.69, 9.17) is 4.74 Å². The third kappa shape index (κ3) is 3.51. The molecule has 24 heavy (non-hydrogen) atoms. The maximum Gasteiger partial charge on any atom is 0.253 e. The van der Waals surface area contributed by atoms with Gasteiger partial charge in [-0.05, 0) is 43.5 Å². The molecular formula is C17H20N2O4S. The van der Waals surface area contributed by atoms with E-state index in [1.54, 1.807) is 20.1 Å². The van der Waals surface area contributed by atoms with Crippen LogP contribution in [-0.4, -0.2) is 44.5 Å². The molecule has 0 bridgehead atoms. The summed E-state index contributed by atoms with van der Waals surface area (Å²) in [5, 5.41) is 3.67. The third-order valence-corrected chi connectivity index (χ3v) is 6.17. The van der Waals surface area contributed by atoms with E-state index in [2.05, 4.69) is 10.3 Å². The van der Waals surface area contributed by atoms with Crippen molar-refractivity contribution in [2.75, 3.05) is 25.2 Å². The Morgan fingerprint density at radius 1 is 1.38 bits per heavy atom. The monoisotopic (exact) mass is 348 g/mol. The number of amides is 1. The van der Waals surface area contributed by atoms with Crippen LogP contribution in [0.3, 0.4) is 0 Å². The van der Waals surface area contributed by atoms with Crippen LogP contribution >= 0.6 is 0 Å². The number of hydrogen-bond donors (Lipinski definition) is 1. The minimum atomic E-state index is -2.93. The lowest BCUT2D eigenvalue weighted by molar-refractivity contribution is 0.0947. The highest BCUT2D eigenvalue weighted by Crippen LogP contribution is 2.22. The van der Waals surface area contributed by atoms with Crippen molar-refractivity contribution in [3.8, 4) is 5.75 Å². The molecule has 1 aromatic heterocycles. The molecule has 1 fully saturated rings. The van der Waals surface area contributed by atoms with Gasteiger partial charge in [-0.1, -0.05) is 0 Å². The van der Waals surface area contributed by atoms with Crippen molar-refractivity contribution in [1.29, 1.82) is 0 Å². The third-order valence-electron chi connectivity index (χ3n) is 4.34. The molecule has 1 atom stereocenters. The Labute approximate surface area is 141 Å². The zero-order chi connectivity index (χ0) is 17.3. The molecule has 2 aromatic rings. The zero-order valence-corrected chi connectivity index (χ0v) is 14.5. The number of carbonyl (C=O) groups excluding carboxylic acids is 1. The molecule has 6 nitrogen and oxygen atoms in total. The number of ether oxygens (including phenoxy) is 1. The highest BCUT2D eigenvalue weighted by atomic mass is 32.2. The molecule has 0 aliphatic carbocycles. The molecule has 0 radical (unpaired) electrons. The second-order valence-electron chi connectivity index (χ2n) is 6.16. The normalized spacial score (nSPS) is 19.3. The van der Waals surface area contributed by atoms with Gasteiger partial charge < -0.3 is 10.1 Å². The first kappa shape index (κ1) is 16.7. The molecule has 0 saturated carbocycles. The summed E-state index contributed by atoms with van der Waals surface area (Å²) in [6.07, 6.45) is 0.606. The maximum absolute atomic E-state index is 12.4. The fourth-order valence-electron chi connectivity index (χ4n) is 2.97. The quantitative estimate of drug-likeness (QED) is 0.909. The Balaban J connectivity index is 1.77. The van der Waals surface area contributed by atoms with Gasteiger partial charge in [0.25, 0.3) is 5.91 Å². The Morgan fingerprint density at radius 3 is 2.83 bits per heavy atom. The molecule has 1 aliphatic heterocycles. The minimum absolute atomic E-state index is 0.00670. The van der Waals surface area contributed by atoms with E-state index in [1.807, 2.05) is 18.2 Å². The number of pyridine rings is 1. The number of carbonyl (C=O) groups is 1. The molecule has 1 amide bonds. The van der Waals surface area contributed by atoms with Gasteiger partial charge in [0.05, 0.1) is 35.4 Å². The summed E-state index contributed by atoms with van der Waals surface area (Å²) in [7, 11) is -1.34. The zero-order valence-electron chi connectivity index (χ0n) is 13.7. The topological polar surface area (TPSA) is 85.4 Å². The van der Waals surface area contributed by atoms with E-state index >= 15 is 0 Å². The number of fused-ring (bicyclic) bond motifs is 1. The van der Waals surface area contributed by atoms with Crippen molar-refractivity contribution in [2.45, 2.75) is 13.3 Å². The van der Waals surface area contributed by atoms with Crippen molar-refractivity contribution in [3.05, 3.63) is 35.5 Å². The first-order chi connectivity index (χ1) is 11.4. The Kier molecular flexibility index (Phi) is 4.45. The smallest absolute Gasteiger partial charge is 0.253 e. The average molecular weight is 348 g/mol. The van der Waals surface area contributed by atoms with Crippen LogP contribution in [0.2, 0.25) is 0 Å². The number of methoxy groups -OCH3 is 1. The molecule has 1 saturated heterocycles. The molecule has 3 rings (SSSR count). The number of aryl methyl sites for hydroxylation is 1. The fourth-order valence-corrected chi connectivity index (χ4v) is 4.83. The van der Waals surface area contributed by atoms with E-state index < -0.39 is 9.84 Å². The predicted molar refractivity (Wildman–Crippen MR) is 92.1 cm³/mol. The van der Waals surface area contributed by atoms with Crippen LogP contribution in [0.4, 0.5) is 0 Å². The van der Waals surface area contributed by atoms with Crippen molar-refractivity contribution in [3.63, 3.8) is 0 Å². The molecule has 1 unspecified atom stereocenters. The van der Waals surface area contributed by atoms with Crippen molar-refractivity contribution < 1.29 is 17.9 Å². The van der Waals surface area contributed by atoms with Gasteiger partial charge in [0.2, 0.25) is 0 Å². The van der Waals surface area contributed by atoms with Crippen molar-refractivity contribution in [2.24, 2.45) is 5.92 Å². The molecule has 1 aliphatic rings. The van der Waals surface area contributed by atoms with Gasteiger partial charge in [0.15, 0.2) is 9.84 Å². The van der Waals surface area contributed by atoms with Crippen LogP contribution in [0, 0.1) is 12.8 Å². The first-order valence-electron chi connectivity index (χ1n) is 7.82. The standard InChI is InChI=1S/C17H20N2O4S/c1-11-15(8-13-7-14(23-2)3-4-16(13)19-11)17(20)18-9-12-5-6-24(21,22)10-12/h3-4,7-8,12H,5-6,9-10H2,1-2H3,(H,18,20). The molecule has 1 aromatic carbocycles. The van der Waals surface area contributed by atoms with Gasteiger partial charge in [-0.15, -0.1) is 0 Å². The van der Waals surface area contributed by atoms with Crippen LogP contribution in [0.1, 0.15) is 22.5 Å². The van der Waals surface area contributed by atoms with Gasteiger partial charge in [-0.2, -0.15) is 0 Å². The number of hydrogen-bond acceptors (Lipinski definition) is 5. The second-order valence-corrected chi connectivity index (χ2v) is 8.39. The lowest BCUT2D eigenvalue weighted by atomic mass is 10.1. The van der Waals surface area contributed by atoms with E-state index in [0.717, 1.165) is 10.9 Å². The van der Waals surface area contributed by atoms with Gasteiger partial charge in [-0.3, -0.25) is 9.78 Å². The molecular weight excluding hydrogens is 328 g/mol. The van der Waals surface area contributed by atoms with E-state index in [9.17, 15) is 13.2 Å². The Hall–Kier alpha value is -2.15. The number of nitrogens with zero attached hydrogens (tertiary/aromatic N) is 1. The van der Waals surface area contributed by atoms with Crippen LogP contribution in [-0.2, 0) is 9.84 Å². The summed E-state index contributed by atoms with van der Waals surface area (Å²) in [6, 6.07) is 7.31. The largest absolute Gasteiger partial charge is 0.497 e. The summed E-state index contributed by atoms with van der Waals surface area (Å²) in [4.78, 5) is 16.9. The van der Waals surface area contributed by atoms with Crippen LogP contribution in [0.25, 0.3) is 10.9 Å².